The van der Waals surface area contributed by atoms with Gasteiger partial charge in [-0.1, -0.05) is 17.7 Å². The molecule has 2 aromatic rings. The van der Waals surface area contributed by atoms with Gasteiger partial charge < -0.3 is 5.11 Å². The number of aromatic nitrogens is 2. The Hall–Kier alpha value is -2.41. The molecule has 0 aliphatic carbocycles. The van der Waals surface area contributed by atoms with Gasteiger partial charge in [-0.15, -0.1) is 10.2 Å². The van der Waals surface area contributed by atoms with Crippen LogP contribution >= 0.6 is 11.6 Å². The molecule has 2 rings (SSSR count). The third kappa shape index (κ3) is 2.71. The van der Waals surface area contributed by atoms with Gasteiger partial charge in [0, 0.05) is 5.02 Å². The molecule has 0 amide bonds. The molecule has 1 aromatic heterocycles. The Labute approximate surface area is 111 Å². The zero-order chi connectivity index (χ0) is 14.0. The van der Waals surface area contributed by atoms with Crippen molar-refractivity contribution in [3.8, 4) is 5.88 Å². The molecule has 8 heteroatoms. The second kappa shape index (κ2) is 5.07. The van der Waals surface area contributed by atoms with Gasteiger partial charge in [-0.05, 0) is 24.6 Å². The van der Waals surface area contributed by atoms with Crippen molar-refractivity contribution in [2.24, 2.45) is 10.2 Å². The van der Waals surface area contributed by atoms with Crippen molar-refractivity contribution in [1.82, 2.24) is 9.97 Å². The van der Waals surface area contributed by atoms with E-state index >= 15 is 0 Å². The van der Waals surface area contributed by atoms with E-state index in [1.54, 1.807) is 25.1 Å². The predicted octanol–water partition coefficient (Wildman–Crippen LogP) is 2.15. The molecule has 0 spiro atoms. The number of aromatic amines is 2. The van der Waals surface area contributed by atoms with E-state index in [1.807, 2.05) is 9.97 Å². The van der Waals surface area contributed by atoms with Crippen LogP contribution in [0.4, 0.5) is 11.4 Å². The number of hydrogen-bond acceptors (Lipinski definition) is 5. The van der Waals surface area contributed by atoms with Crippen molar-refractivity contribution in [3.63, 3.8) is 0 Å². The van der Waals surface area contributed by atoms with Gasteiger partial charge in [0.15, 0.2) is 0 Å². The molecule has 0 saturated carbocycles. The van der Waals surface area contributed by atoms with Gasteiger partial charge in [0.05, 0.1) is 5.69 Å². The van der Waals surface area contributed by atoms with Crippen LogP contribution in [0.2, 0.25) is 5.02 Å². The molecule has 19 heavy (non-hydrogen) atoms. The summed E-state index contributed by atoms with van der Waals surface area (Å²) in [5.41, 5.74) is -0.880. The minimum atomic E-state index is -0.829. The summed E-state index contributed by atoms with van der Waals surface area (Å²) in [6.07, 6.45) is 0. The second-order valence-corrected chi connectivity index (χ2v) is 4.10. The minimum Gasteiger partial charge on any atom is -0.493 e. The molecule has 1 aromatic carbocycles. The summed E-state index contributed by atoms with van der Waals surface area (Å²) in [6, 6.07) is 5.03. The van der Waals surface area contributed by atoms with Crippen molar-refractivity contribution in [2.75, 3.05) is 0 Å². The van der Waals surface area contributed by atoms with Crippen LogP contribution < -0.4 is 11.2 Å². The normalized spacial score (nSPS) is 11.1. The van der Waals surface area contributed by atoms with Crippen LogP contribution in [0.15, 0.2) is 38.0 Å². The fourth-order valence-corrected chi connectivity index (χ4v) is 1.54. The van der Waals surface area contributed by atoms with E-state index in [9.17, 15) is 14.7 Å². The quantitative estimate of drug-likeness (QED) is 0.733. The number of H-pyrrole nitrogens is 2. The van der Waals surface area contributed by atoms with E-state index < -0.39 is 17.1 Å². The number of hydrogen-bond donors (Lipinski definition) is 3. The van der Waals surface area contributed by atoms with Crippen molar-refractivity contribution < 1.29 is 5.11 Å². The average molecular weight is 281 g/mol. The molecule has 7 nitrogen and oxygen atoms in total. The first-order valence-electron chi connectivity index (χ1n) is 5.21. The monoisotopic (exact) mass is 280 g/mol. The lowest BCUT2D eigenvalue weighted by Gasteiger charge is -2.00. The molecule has 1 heterocycles. The molecule has 0 atom stereocenters. The maximum Gasteiger partial charge on any atom is 0.328 e. The average Bonchev–Trinajstić information content (AvgIpc) is 2.33. The first-order chi connectivity index (χ1) is 8.99. The number of benzene rings is 1. The zero-order valence-corrected chi connectivity index (χ0v) is 10.5. The van der Waals surface area contributed by atoms with Crippen molar-refractivity contribution >= 4 is 23.0 Å². The van der Waals surface area contributed by atoms with Crippen molar-refractivity contribution in [3.05, 3.63) is 49.6 Å². The molecular weight excluding hydrogens is 272 g/mol. The van der Waals surface area contributed by atoms with Gasteiger partial charge in [-0.25, -0.2) is 4.79 Å². The molecule has 0 aliphatic rings. The molecule has 0 unspecified atom stereocenters. The highest BCUT2D eigenvalue weighted by Gasteiger charge is 2.08. The lowest BCUT2D eigenvalue weighted by Crippen LogP contribution is -2.20. The first kappa shape index (κ1) is 13.0. The largest absolute Gasteiger partial charge is 0.493 e. The molecule has 0 radical (unpaired) electrons. The lowest BCUT2D eigenvalue weighted by atomic mass is 10.2. The minimum absolute atomic E-state index is 0.376. The number of nitrogens with zero attached hydrogens (tertiary/aromatic N) is 2. The number of rotatable bonds is 2. The summed E-state index contributed by atoms with van der Waals surface area (Å²) in [6.45, 7) is 1.74. The fourth-order valence-electron chi connectivity index (χ4n) is 1.37. The highest BCUT2D eigenvalue weighted by molar-refractivity contribution is 6.31. The molecule has 0 saturated heterocycles. The third-order valence-electron chi connectivity index (χ3n) is 2.40. The van der Waals surface area contributed by atoms with Gasteiger partial charge in [-0.3, -0.25) is 14.8 Å². The maximum atomic E-state index is 11.4. The van der Waals surface area contributed by atoms with E-state index in [-0.39, 0.29) is 5.69 Å². The molecule has 0 fully saturated rings. The van der Waals surface area contributed by atoms with Crippen molar-refractivity contribution in [1.29, 1.82) is 0 Å². The van der Waals surface area contributed by atoms with Crippen LogP contribution in [0, 0.1) is 6.92 Å². The number of aromatic hydroxyl groups is 1. The van der Waals surface area contributed by atoms with Crippen LogP contribution in [0.3, 0.4) is 0 Å². The SMILES string of the molecule is Cc1c(Cl)cccc1N=Nc1c(O)[nH]c(=O)[nH]c1=O. The van der Waals surface area contributed by atoms with Crippen LogP contribution in [0.25, 0.3) is 0 Å². The van der Waals surface area contributed by atoms with E-state index in [4.69, 9.17) is 11.6 Å². The Morgan fingerprint density at radius 1 is 1.21 bits per heavy atom. The van der Waals surface area contributed by atoms with E-state index in [0.29, 0.717) is 16.3 Å². The highest BCUT2D eigenvalue weighted by Crippen LogP contribution is 2.27. The number of halogens is 1. The summed E-state index contributed by atoms with van der Waals surface area (Å²) in [5, 5.41) is 17.4. The third-order valence-corrected chi connectivity index (χ3v) is 2.80. The van der Waals surface area contributed by atoms with E-state index in [1.165, 1.54) is 0 Å². The Bertz CT molecular complexity index is 763. The molecule has 98 valence electrons. The fraction of sp³-hybridized carbons (Fsp3) is 0.0909. The summed E-state index contributed by atoms with van der Waals surface area (Å²) in [7, 11) is 0. The van der Waals surface area contributed by atoms with Crippen LogP contribution in [0.5, 0.6) is 5.88 Å². The van der Waals surface area contributed by atoms with Gasteiger partial charge in [0.2, 0.25) is 11.6 Å². The topological polar surface area (TPSA) is 111 Å². The first-order valence-corrected chi connectivity index (χ1v) is 5.59. The Balaban J connectivity index is 2.47. The smallest absolute Gasteiger partial charge is 0.328 e. The molecular formula is C11H9ClN4O3. The summed E-state index contributed by atoms with van der Waals surface area (Å²) >= 11 is 5.91. The predicted molar refractivity (Wildman–Crippen MR) is 69.7 cm³/mol. The number of azo groups is 1. The van der Waals surface area contributed by atoms with Crippen LogP contribution in [0.1, 0.15) is 5.56 Å². The molecule has 3 N–H and O–H groups in total. The Morgan fingerprint density at radius 2 is 1.95 bits per heavy atom. The maximum absolute atomic E-state index is 11.4. The lowest BCUT2D eigenvalue weighted by molar-refractivity contribution is 0.450. The standard InChI is InChI=1S/C11H9ClN4O3/c1-5-6(12)3-2-4-7(5)15-16-8-9(17)13-11(19)14-10(8)18/h2-4H,1H3,(H3,13,14,17,18,19). The van der Waals surface area contributed by atoms with E-state index in [0.717, 1.165) is 0 Å². The Kier molecular flexibility index (Phi) is 3.48. The summed E-state index contributed by atoms with van der Waals surface area (Å²) in [4.78, 5) is 26.2. The number of nitrogens with one attached hydrogen (secondary N) is 2. The van der Waals surface area contributed by atoms with Crippen molar-refractivity contribution in [2.45, 2.75) is 6.92 Å². The molecule has 0 aliphatic heterocycles. The van der Waals surface area contributed by atoms with E-state index in [2.05, 4.69) is 10.2 Å². The highest BCUT2D eigenvalue weighted by atomic mass is 35.5. The Morgan fingerprint density at radius 3 is 2.63 bits per heavy atom. The van der Waals surface area contributed by atoms with Crippen LogP contribution in [-0.4, -0.2) is 15.1 Å². The summed E-state index contributed by atoms with van der Waals surface area (Å²) in [5.74, 6) is -0.641. The summed E-state index contributed by atoms with van der Waals surface area (Å²) < 4.78 is 0. The van der Waals surface area contributed by atoms with Gasteiger partial charge in [0.1, 0.15) is 0 Å². The van der Waals surface area contributed by atoms with Gasteiger partial charge in [-0.2, -0.15) is 0 Å². The van der Waals surface area contributed by atoms with Gasteiger partial charge in [0.25, 0.3) is 5.56 Å². The molecule has 0 bridgehead atoms. The van der Waals surface area contributed by atoms with Crippen LogP contribution in [-0.2, 0) is 0 Å². The zero-order valence-electron chi connectivity index (χ0n) is 9.77. The second-order valence-electron chi connectivity index (χ2n) is 3.69. The van der Waals surface area contributed by atoms with Gasteiger partial charge >= 0.3 is 5.69 Å².